The molecule has 0 atom stereocenters. The van der Waals surface area contributed by atoms with Gasteiger partial charge >= 0.3 is 0 Å². The second-order valence-electron chi connectivity index (χ2n) is 4.18. The first kappa shape index (κ1) is 14.1. The Bertz CT molecular complexity index is 471. The molecule has 0 spiro atoms. The van der Waals surface area contributed by atoms with E-state index in [4.69, 9.17) is 9.47 Å². The summed E-state index contributed by atoms with van der Waals surface area (Å²) in [4.78, 5) is 1.33. The van der Waals surface area contributed by atoms with Gasteiger partial charge in [-0.15, -0.1) is 11.3 Å². The van der Waals surface area contributed by atoms with Gasteiger partial charge in [0, 0.05) is 24.2 Å². The van der Waals surface area contributed by atoms with Crippen LogP contribution in [0.15, 0.2) is 41.8 Å². The highest BCUT2D eigenvalue weighted by Gasteiger charge is 1.98. The molecule has 0 fully saturated rings. The van der Waals surface area contributed by atoms with Crippen LogP contribution in [0.25, 0.3) is 0 Å². The molecule has 102 valence electrons. The van der Waals surface area contributed by atoms with Crippen LogP contribution in [-0.4, -0.2) is 20.3 Å². The van der Waals surface area contributed by atoms with Gasteiger partial charge in [0.2, 0.25) is 0 Å². The minimum atomic E-state index is 0.623. The Balaban J connectivity index is 1.81. The largest absolute Gasteiger partial charge is 0.382 e. The van der Waals surface area contributed by atoms with Crippen molar-refractivity contribution in [2.24, 2.45) is 0 Å². The molecule has 4 heteroatoms. The van der Waals surface area contributed by atoms with E-state index in [-0.39, 0.29) is 0 Å². The molecule has 0 saturated carbocycles. The van der Waals surface area contributed by atoms with Gasteiger partial charge in [-0.2, -0.15) is 0 Å². The van der Waals surface area contributed by atoms with Crippen LogP contribution in [0, 0.1) is 0 Å². The molecule has 0 aliphatic rings. The lowest BCUT2D eigenvalue weighted by Crippen LogP contribution is -2.02. The molecule has 19 heavy (non-hydrogen) atoms. The number of rotatable bonds is 8. The molecule has 1 aromatic heterocycles. The number of hydrogen-bond acceptors (Lipinski definition) is 4. The van der Waals surface area contributed by atoms with Crippen LogP contribution in [0.3, 0.4) is 0 Å². The standard InChI is InChI=1S/C15H19NO2S/c1-17-7-8-18-12-13-4-2-5-14(10-13)16-11-15-6-3-9-19-15/h2-6,9-10,16H,7-8,11-12H2,1H3. The fourth-order valence-electron chi connectivity index (χ4n) is 1.71. The minimum Gasteiger partial charge on any atom is -0.382 e. The van der Waals surface area contributed by atoms with Crippen molar-refractivity contribution in [3.05, 3.63) is 52.2 Å². The van der Waals surface area contributed by atoms with Gasteiger partial charge in [0.25, 0.3) is 0 Å². The Morgan fingerprint density at radius 1 is 1.16 bits per heavy atom. The van der Waals surface area contributed by atoms with Crippen LogP contribution in [0.5, 0.6) is 0 Å². The van der Waals surface area contributed by atoms with E-state index < -0.39 is 0 Å². The lowest BCUT2D eigenvalue weighted by Gasteiger charge is -2.08. The summed E-state index contributed by atoms with van der Waals surface area (Å²) >= 11 is 1.76. The van der Waals surface area contributed by atoms with Crippen molar-refractivity contribution in [2.75, 3.05) is 25.6 Å². The van der Waals surface area contributed by atoms with Crippen molar-refractivity contribution < 1.29 is 9.47 Å². The number of ether oxygens (including phenoxy) is 2. The highest BCUT2D eigenvalue weighted by Crippen LogP contribution is 2.15. The summed E-state index contributed by atoms with van der Waals surface area (Å²) in [6.45, 7) is 2.75. The summed E-state index contributed by atoms with van der Waals surface area (Å²) in [7, 11) is 1.68. The molecule has 3 nitrogen and oxygen atoms in total. The molecule has 2 aromatic rings. The molecule has 0 amide bonds. The van der Waals surface area contributed by atoms with E-state index in [2.05, 4.69) is 41.0 Å². The third-order valence-corrected chi connectivity index (χ3v) is 3.55. The second-order valence-corrected chi connectivity index (χ2v) is 5.21. The Labute approximate surface area is 118 Å². The summed E-state index contributed by atoms with van der Waals surface area (Å²) in [5.74, 6) is 0. The number of hydrogen-bond donors (Lipinski definition) is 1. The number of anilines is 1. The first-order chi connectivity index (χ1) is 9.38. The van der Waals surface area contributed by atoms with E-state index in [1.165, 1.54) is 10.4 Å². The van der Waals surface area contributed by atoms with Crippen molar-refractivity contribution in [3.8, 4) is 0 Å². The van der Waals surface area contributed by atoms with E-state index in [0.717, 1.165) is 12.2 Å². The minimum absolute atomic E-state index is 0.623. The third kappa shape index (κ3) is 5.03. The van der Waals surface area contributed by atoms with Crippen molar-refractivity contribution in [1.82, 2.24) is 0 Å². The van der Waals surface area contributed by atoms with Crippen LogP contribution in [-0.2, 0) is 22.6 Å². The average Bonchev–Trinajstić information content (AvgIpc) is 2.95. The lowest BCUT2D eigenvalue weighted by atomic mass is 10.2. The average molecular weight is 277 g/mol. The van der Waals surface area contributed by atoms with Crippen LogP contribution >= 0.6 is 11.3 Å². The Kier molecular flexibility index (Phi) is 5.88. The Morgan fingerprint density at radius 3 is 2.89 bits per heavy atom. The molecule has 2 rings (SSSR count). The van der Waals surface area contributed by atoms with Gasteiger partial charge in [-0.1, -0.05) is 18.2 Å². The van der Waals surface area contributed by atoms with E-state index in [9.17, 15) is 0 Å². The van der Waals surface area contributed by atoms with Gasteiger partial charge in [-0.3, -0.25) is 0 Å². The molecule has 1 N–H and O–H groups in total. The van der Waals surface area contributed by atoms with Gasteiger partial charge in [0.15, 0.2) is 0 Å². The molecule has 0 aliphatic carbocycles. The van der Waals surface area contributed by atoms with Crippen LogP contribution in [0.2, 0.25) is 0 Å². The van der Waals surface area contributed by atoms with Gasteiger partial charge in [-0.05, 0) is 29.1 Å². The zero-order chi connectivity index (χ0) is 13.3. The second kappa shape index (κ2) is 7.94. The molecule has 1 aromatic carbocycles. The number of nitrogens with one attached hydrogen (secondary N) is 1. The maximum atomic E-state index is 5.51. The van der Waals surface area contributed by atoms with Crippen molar-refractivity contribution in [3.63, 3.8) is 0 Å². The van der Waals surface area contributed by atoms with Crippen molar-refractivity contribution >= 4 is 17.0 Å². The number of thiophene rings is 1. The summed E-state index contributed by atoms with van der Waals surface area (Å²) in [5.41, 5.74) is 2.30. The van der Waals surface area contributed by atoms with Gasteiger partial charge in [-0.25, -0.2) is 0 Å². The predicted molar refractivity (Wildman–Crippen MR) is 79.6 cm³/mol. The topological polar surface area (TPSA) is 30.5 Å². The lowest BCUT2D eigenvalue weighted by molar-refractivity contribution is 0.0617. The van der Waals surface area contributed by atoms with Crippen LogP contribution in [0.1, 0.15) is 10.4 Å². The number of benzene rings is 1. The maximum Gasteiger partial charge on any atom is 0.0718 e. The SMILES string of the molecule is COCCOCc1cccc(NCc2cccs2)c1. The number of methoxy groups -OCH3 is 1. The molecule has 0 aliphatic heterocycles. The monoisotopic (exact) mass is 277 g/mol. The van der Waals surface area contributed by atoms with Crippen molar-refractivity contribution in [1.29, 1.82) is 0 Å². The van der Waals surface area contributed by atoms with E-state index in [1.807, 2.05) is 6.07 Å². The molecule has 0 radical (unpaired) electrons. The van der Waals surface area contributed by atoms with Crippen LogP contribution < -0.4 is 5.32 Å². The van der Waals surface area contributed by atoms with E-state index >= 15 is 0 Å². The fraction of sp³-hybridized carbons (Fsp3) is 0.333. The molecule has 0 saturated heterocycles. The third-order valence-electron chi connectivity index (χ3n) is 2.67. The fourth-order valence-corrected chi connectivity index (χ4v) is 2.35. The van der Waals surface area contributed by atoms with Crippen LogP contribution in [0.4, 0.5) is 5.69 Å². The highest BCUT2D eigenvalue weighted by molar-refractivity contribution is 7.09. The Morgan fingerprint density at radius 2 is 2.11 bits per heavy atom. The van der Waals surface area contributed by atoms with Gasteiger partial charge < -0.3 is 14.8 Å². The molecular weight excluding hydrogens is 258 g/mol. The van der Waals surface area contributed by atoms with E-state index in [0.29, 0.717) is 19.8 Å². The zero-order valence-electron chi connectivity index (χ0n) is 11.1. The molecule has 0 unspecified atom stereocenters. The molecule has 1 heterocycles. The summed E-state index contributed by atoms with van der Waals surface area (Å²) in [6, 6.07) is 12.5. The first-order valence-electron chi connectivity index (χ1n) is 6.30. The summed E-state index contributed by atoms with van der Waals surface area (Å²) < 4.78 is 10.5. The smallest absolute Gasteiger partial charge is 0.0718 e. The normalized spacial score (nSPS) is 10.6. The Hall–Kier alpha value is -1.36. The zero-order valence-corrected chi connectivity index (χ0v) is 11.9. The summed E-state index contributed by atoms with van der Waals surface area (Å²) in [6.07, 6.45) is 0. The first-order valence-corrected chi connectivity index (χ1v) is 7.18. The molecule has 0 bridgehead atoms. The predicted octanol–water partition coefficient (Wildman–Crippen LogP) is 3.52. The summed E-state index contributed by atoms with van der Waals surface area (Å²) in [5, 5.41) is 5.51. The van der Waals surface area contributed by atoms with Gasteiger partial charge in [0.1, 0.15) is 0 Å². The van der Waals surface area contributed by atoms with Crippen molar-refractivity contribution in [2.45, 2.75) is 13.2 Å². The van der Waals surface area contributed by atoms with E-state index in [1.54, 1.807) is 18.4 Å². The molecular formula is C15H19NO2S. The quantitative estimate of drug-likeness (QED) is 0.749. The maximum absolute atomic E-state index is 5.51. The highest BCUT2D eigenvalue weighted by atomic mass is 32.1. The van der Waals surface area contributed by atoms with Gasteiger partial charge in [0.05, 0.1) is 19.8 Å².